The molecule has 0 radical (unpaired) electrons. The van der Waals surface area contributed by atoms with Gasteiger partial charge in [0.25, 0.3) is 5.91 Å². The van der Waals surface area contributed by atoms with E-state index in [-0.39, 0.29) is 23.8 Å². The lowest BCUT2D eigenvalue weighted by molar-refractivity contribution is -0.884. The molecule has 2 fully saturated rings. The zero-order chi connectivity index (χ0) is 19.4. The summed E-state index contributed by atoms with van der Waals surface area (Å²) in [6.45, 7) is 0. The fraction of sp³-hybridized carbons (Fsp3) is 0.190. The van der Waals surface area contributed by atoms with E-state index < -0.39 is 17.9 Å². The van der Waals surface area contributed by atoms with Gasteiger partial charge in [0, 0.05) is 16.3 Å². The average Bonchev–Trinajstić information content (AvgIpc) is 3.19. The average molecular weight is 395 g/mol. The topological polar surface area (TPSA) is 79.7 Å². The third-order valence-corrected chi connectivity index (χ3v) is 6.11. The highest BCUT2D eigenvalue weighted by atomic mass is 35.5. The number of rotatable bonds is 2. The van der Waals surface area contributed by atoms with Gasteiger partial charge in [0.1, 0.15) is 17.9 Å². The van der Waals surface area contributed by atoms with Crippen LogP contribution in [0.25, 0.3) is 6.08 Å². The van der Waals surface area contributed by atoms with Crippen molar-refractivity contribution in [2.75, 3.05) is 5.32 Å². The minimum Gasteiger partial charge on any atom is -0.321 e. The van der Waals surface area contributed by atoms with Gasteiger partial charge in [-0.25, -0.2) is 0 Å². The van der Waals surface area contributed by atoms with Crippen molar-refractivity contribution in [1.29, 1.82) is 0 Å². The first-order valence-electron chi connectivity index (χ1n) is 9.09. The van der Waals surface area contributed by atoms with Crippen LogP contribution in [0.4, 0.5) is 5.69 Å². The van der Waals surface area contributed by atoms with Gasteiger partial charge in [-0.1, -0.05) is 35.9 Å². The molecule has 5 rings (SSSR count). The summed E-state index contributed by atoms with van der Waals surface area (Å²) in [6, 6.07) is 13.6. The Morgan fingerprint density at radius 3 is 2.50 bits per heavy atom. The highest BCUT2D eigenvalue weighted by Gasteiger charge is 2.65. The lowest BCUT2D eigenvalue weighted by Crippen LogP contribution is -3.12. The summed E-state index contributed by atoms with van der Waals surface area (Å²) >= 11 is 5.91. The number of anilines is 1. The normalized spacial score (nSPS) is 29.7. The number of amides is 3. The third kappa shape index (κ3) is 2.49. The number of carbonyl (C=O) groups excluding carboxylic acids is 3. The van der Waals surface area contributed by atoms with Crippen molar-refractivity contribution in [2.24, 2.45) is 11.8 Å². The fourth-order valence-corrected chi connectivity index (χ4v) is 4.85. The minimum atomic E-state index is -0.699. The van der Waals surface area contributed by atoms with Crippen LogP contribution in [0.5, 0.6) is 0 Å². The molecule has 1 unspecified atom stereocenters. The Hall–Kier alpha value is -2.96. The van der Waals surface area contributed by atoms with E-state index in [1.165, 1.54) is 0 Å². The standard InChI is InChI=1S/C21H16ClN3O3/c22-12-5-7-13(8-6-12)23-21(28)18-16-15(19(26)24-20(16)27)17-14-4-2-1-3-11(14)9-10-25(17)18/h1-10,15-18H,(H,23,28)(H,24,26,27)/p+1/t15-,16+,17-,18+/m0/s1. The van der Waals surface area contributed by atoms with Gasteiger partial charge in [-0.2, -0.15) is 0 Å². The van der Waals surface area contributed by atoms with Gasteiger partial charge in [-0.3, -0.25) is 24.6 Å². The molecular weight excluding hydrogens is 378 g/mol. The first-order valence-corrected chi connectivity index (χ1v) is 9.47. The van der Waals surface area contributed by atoms with E-state index in [2.05, 4.69) is 10.6 Å². The predicted octanol–water partition coefficient (Wildman–Crippen LogP) is 1.16. The molecular formula is C21H17ClN3O3+. The summed E-state index contributed by atoms with van der Waals surface area (Å²) in [5, 5.41) is 5.87. The molecule has 0 saturated carbocycles. The number of imide groups is 1. The zero-order valence-corrected chi connectivity index (χ0v) is 15.4. The van der Waals surface area contributed by atoms with E-state index >= 15 is 0 Å². The Morgan fingerprint density at radius 1 is 1.00 bits per heavy atom. The Morgan fingerprint density at radius 2 is 1.71 bits per heavy atom. The molecule has 28 heavy (non-hydrogen) atoms. The van der Waals surface area contributed by atoms with Crippen LogP contribution in [0.15, 0.2) is 54.7 Å². The predicted molar refractivity (Wildman–Crippen MR) is 103 cm³/mol. The summed E-state index contributed by atoms with van der Waals surface area (Å²) in [6.07, 6.45) is 3.85. The van der Waals surface area contributed by atoms with Crippen LogP contribution in [0.2, 0.25) is 5.02 Å². The van der Waals surface area contributed by atoms with Crippen molar-refractivity contribution in [1.82, 2.24) is 5.32 Å². The van der Waals surface area contributed by atoms with Gasteiger partial charge in [0.2, 0.25) is 11.8 Å². The highest BCUT2D eigenvalue weighted by Crippen LogP contribution is 2.40. The SMILES string of the molecule is O=C1NC(=O)[C@H]2[C@@H]1[C@H](C(=O)Nc1ccc(Cl)cc1)[NH+]1C=Cc3ccccc3[C@@H]21. The molecule has 2 saturated heterocycles. The van der Waals surface area contributed by atoms with Crippen LogP contribution in [0, 0.1) is 11.8 Å². The largest absolute Gasteiger partial charge is 0.321 e. The number of hydrogen-bond donors (Lipinski definition) is 3. The lowest BCUT2D eigenvalue weighted by Gasteiger charge is -2.29. The van der Waals surface area contributed by atoms with Gasteiger partial charge < -0.3 is 5.32 Å². The van der Waals surface area contributed by atoms with Gasteiger partial charge in [-0.05, 0) is 35.9 Å². The van der Waals surface area contributed by atoms with Crippen molar-refractivity contribution in [3.05, 3.63) is 70.9 Å². The van der Waals surface area contributed by atoms with Crippen LogP contribution in [-0.2, 0) is 14.4 Å². The number of fused-ring (bicyclic) bond motifs is 5. The quantitative estimate of drug-likeness (QED) is 0.669. The Balaban J connectivity index is 1.54. The van der Waals surface area contributed by atoms with E-state index in [4.69, 9.17) is 11.6 Å². The molecule has 3 amide bonds. The molecule has 3 aliphatic rings. The fourth-order valence-electron chi connectivity index (χ4n) is 4.72. The zero-order valence-electron chi connectivity index (χ0n) is 14.7. The molecule has 5 atom stereocenters. The first kappa shape index (κ1) is 17.2. The second-order valence-electron chi connectivity index (χ2n) is 7.32. The summed E-state index contributed by atoms with van der Waals surface area (Å²) < 4.78 is 0. The Bertz CT molecular complexity index is 1030. The van der Waals surface area contributed by atoms with Gasteiger partial charge in [0.05, 0.1) is 6.20 Å². The number of hydrogen-bond acceptors (Lipinski definition) is 3. The summed E-state index contributed by atoms with van der Waals surface area (Å²) in [7, 11) is 0. The van der Waals surface area contributed by atoms with Crippen LogP contribution in [-0.4, -0.2) is 23.8 Å². The maximum Gasteiger partial charge on any atom is 0.283 e. The molecule has 0 spiro atoms. The second-order valence-corrected chi connectivity index (χ2v) is 7.76. The molecule has 2 aromatic carbocycles. The van der Waals surface area contributed by atoms with Crippen molar-refractivity contribution >= 4 is 41.1 Å². The number of halogens is 1. The molecule has 3 heterocycles. The lowest BCUT2D eigenvalue weighted by atomic mass is 9.84. The van der Waals surface area contributed by atoms with E-state index in [1.807, 2.05) is 36.5 Å². The second kappa shape index (κ2) is 6.29. The molecule has 3 N–H and O–H groups in total. The van der Waals surface area contributed by atoms with Gasteiger partial charge in [0.15, 0.2) is 6.04 Å². The smallest absolute Gasteiger partial charge is 0.283 e. The van der Waals surface area contributed by atoms with Crippen molar-refractivity contribution < 1.29 is 19.3 Å². The maximum absolute atomic E-state index is 13.2. The van der Waals surface area contributed by atoms with E-state index in [0.29, 0.717) is 10.7 Å². The van der Waals surface area contributed by atoms with Gasteiger partial charge in [-0.15, -0.1) is 0 Å². The van der Waals surface area contributed by atoms with Gasteiger partial charge >= 0.3 is 0 Å². The Kier molecular flexibility index (Phi) is 3.86. The van der Waals surface area contributed by atoms with Crippen molar-refractivity contribution in [2.45, 2.75) is 12.1 Å². The van der Waals surface area contributed by atoms with E-state index in [9.17, 15) is 14.4 Å². The summed E-state index contributed by atoms with van der Waals surface area (Å²) in [5.41, 5.74) is 2.60. The molecule has 3 aliphatic heterocycles. The molecule has 140 valence electrons. The van der Waals surface area contributed by atoms with Crippen LogP contribution < -0.4 is 15.5 Å². The number of benzene rings is 2. The molecule has 0 aromatic heterocycles. The van der Waals surface area contributed by atoms with Crippen LogP contribution in [0.3, 0.4) is 0 Å². The van der Waals surface area contributed by atoms with Crippen LogP contribution >= 0.6 is 11.6 Å². The highest BCUT2D eigenvalue weighted by molar-refractivity contribution is 6.30. The summed E-state index contributed by atoms with van der Waals surface area (Å²) in [4.78, 5) is 39.1. The molecule has 6 nitrogen and oxygen atoms in total. The first-order chi connectivity index (χ1) is 13.5. The van der Waals surface area contributed by atoms with Crippen molar-refractivity contribution in [3.8, 4) is 0 Å². The monoisotopic (exact) mass is 394 g/mol. The number of carbonyl (C=O) groups is 3. The van der Waals surface area contributed by atoms with Crippen LogP contribution in [0.1, 0.15) is 17.2 Å². The summed E-state index contributed by atoms with van der Waals surface area (Å²) in [5.74, 6) is -2.22. The van der Waals surface area contributed by atoms with E-state index in [0.717, 1.165) is 16.0 Å². The third-order valence-electron chi connectivity index (χ3n) is 5.86. The van der Waals surface area contributed by atoms with Crippen molar-refractivity contribution in [3.63, 3.8) is 0 Å². The Labute approximate surface area is 166 Å². The molecule has 7 heteroatoms. The minimum absolute atomic E-state index is 0.265. The van der Waals surface area contributed by atoms with E-state index in [1.54, 1.807) is 24.3 Å². The molecule has 0 bridgehead atoms. The maximum atomic E-state index is 13.2. The number of quaternary nitrogens is 1. The molecule has 0 aliphatic carbocycles. The molecule has 2 aromatic rings. The number of nitrogens with one attached hydrogen (secondary N) is 3.